The second-order valence-corrected chi connectivity index (χ2v) is 13.7. The summed E-state index contributed by atoms with van der Waals surface area (Å²) < 4.78 is 8.71. The van der Waals surface area contributed by atoms with Crippen LogP contribution in [0.1, 0.15) is 0 Å². The molecule has 0 radical (unpaired) electrons. The van der Waals surface area contributed by atoms with Crippen LogP contribution in [0.2, 0.25) is 0 Å². The standard InChI is InChI=1S/C49H30N6O/c1-4-16-31(17-5-1)44-43-37-24-12-15-27-42(37)56-49(43)54-47(50-44)34-28-29-41(55-39-25-13-10-22-35(39)36-23-11-14-26-40(36)55)38(30-34)48-52-45(32-18-6-2-7-19-32)51-46(53-48)33-20-8-3-9-21-33/h1-30H. The van der Waals surface area contributed by atoms with Crippen LogP contribution >= 0.6 is 0 Å². The van der Waals surface area contributed by atoms with E-state index in [1.54, 1.807) is 0 Å². The molecule has 7 nitrogen and oxygen atoms in total. The molecule has 262 valence electrons. The number of benzene rings is 7. The second-order valence-electron chi connectivity index (χ2n) is 13.7. The molecular formula is C49H30N6O. The van der Waals surface area contributed by atoms with Gasteiger partial charge in [-0.25, -0.2) is 19.9 Å². The smallest absolute Gasteiger partial charge is 0.231 e. The average molecular weight is 719 g/mol. The van der Waals surface area contributed by atoms with E-state index in [1.807, 2.05) is 97.1 Å². The Morgan fingerprint density at radius 2 is 0.875 bits per heavy atom. The minimum atomic E-state index is 0.529. The van der Waals surface area contributed by atoms with E-state index in [1.165, 1.54) is 0 Å². The number of hydrogen-bond acceptors (Lipinski definition) is 6. The summed E-state index contributed by atoms with van der Waals surface area (Å²) in [5.74, 6) is 2.23. The lowest BCUT2D eigenvalue weighted by molar-refractivity contribution is 0.653. The van der Waals surface area contributed by atoms with Crippen LogP contribution in [-0.4, -0.2) is 29.5 Å². The third kappa shape index (κ3) is 5.25. The van der Waals surface area contributed by atoms with Crippen molar-refractivity contribution in [3.63, 3.8) is 0 Å². The SMILES string of the molecule is c1ccc(-c2nc(-c3ccccc3)nc(-c3cc(-c4nc(-c5ccccc5)c5c(n4)oc4ccccc45)ccc3-n3c4ccccc4c4ccccc43)n2)cc1. The van der Waals surface area contributed by atoms with E-state index >= 15 is 0 Å². The third-order valence-electron chi connectivity index (χ3n) is 10.3. The van der Waals surface area contributed by atoms with Crippen molar-refractivity contribution < 1.29 is 4.42 Å². The highest BCUT2D eigenvalue weighted by Gasteiger charge is 2.23. The van der Waals surface area contributed by atoms with E-state index in [0.29, 0.717) is 29.0 Å². The number of nitrogens with zero attached hydrogens (tertiary/aromatic N) is 6. The van der Waals surface area contributed by atoms with Crippen LogP contribution in [0.5, 0.6) is 0 Å². The van der Waals surface area contributed by atoms with Crippen LogP contribution in [0.4, 0.5) is 0 Å². The number of fused-ring (bicyclic) bond motifs is 6. The van der Waals surface area contributed by atoms with Gasteiger partial charge in [-0.2, -0.15) is 4.98 Å². The fourth-order valence-corrected chi connectivity index (χ4v) is 7.72. The summed E-state index contributed by atoms with van der Waals surface area (Å²) in [5.41, 5.74) is 9.55. The minimum absolute atomic E-state index is 0.529. The van der Waals surface area contributed by atoms with Crippen molar-refractivity contribution in [1.82, 2.24) is 29.5 Å². The molecule has 0 unspecified atom stereocenters. The highest BCUT2D eigenvalue weighted by molar-refractivity contribution is 6.11. The summed E-state index contributed by atoms with van der Waals surface area (Å²) in [5, 5.41) is 4.18. The molecule has 4 aromatic heterocycles. The lowest BCUT2D eigenvalue weighted by Gasteiger charge is -2.16. The van der Waals surface area contributed by atoms with Gasteiger partial charge < -0.3 is 8.98 Å². The van der Waals surface area contributed by atoms with Crippen LogP contribution in [-0.2, 0) is 0 Å². The van der Waals surface area contributed by atoms with Crippen LogP contribution in [0.15, 0.2) is 186 Å². The maximum atomic E-state index is 6.41. The van der Waals surface area contributed by atoms with Crippen molar-refractivity contribution in [3.8, 4) is 62.5 Å². The minimum Gasteiger partial charge on any atom is -0.438 e. The molecule has 0 amide bonds. The Bertz CT molecular complexity index is 3140. The van der Waals surface area contributed by atoms with E-state index in [2.05, 4.69) is 89.5 Å². The van der Waals surface area contributed by atoms with Crippen molar-refractivity contribution in [2.75, 3.05) is 0 Å². The van der Waals surface area contributed by atoms with Crippen LogP contribution in [0.3, 0.4) is 0 Å². The Hall–Kier alpha value is -7.77. The van der Waals surface area contributed by atoms with Gasteiger partial charge >= 0.3 is 0 Å². The summed E-state index contributed by atoms with van der Waals surface area (Å²) in [6.45, 7) is 0. The molecule has 7 heteroatoms. The Labute approximate surface area is 321 Å². The molecule has 0 saturated carbocycles. The Balaban J connectivity index is 1.22. The van der Waals surface area contributed by atoms with E-state index in [4.69, 9.17) is 29.3 Å². The van der Waals surface area contributed by atoms with Gasteiger partial charge in [-0.3, -0.25) is 0 Å². The van der Waals surface area contributed by atoms with Crippen LogP contribution < -0.4 is 0 Å². The first-order valence-electron chi connectivity index (χ1n) is 18.5. The Kier molecular flexibility index (Phi) is 7.35. The molecule has 0 bridgehead atoms. The fourth-order valence-electron chi connectivity index (χ4n) is 7.72. The normalized spacial score (nSPS) is 11.6. The second kappa shape index (κ2) is 13.0. The summed E-state index contributed by atoms with van der Waals surface area (Å²) >= 11 is 0. The summed E-state index contributed by atoms with van der Waals surface area (Å²) in [4.78, 5) is 25.8. The highest BCUT2D eigenvalue weighted by atomic mass is 16.3. The van der Waals surface area contributed by atoms with Crippen molar-refractivity contribution in [2.24, 2.45) is 0 Å². The van der Waals surface area contributed by atoms with Gasteiger partial charge in [-0.1, -0.05) is 146 Å². The Morgan fingerprint density at radius 3 is 1.50 bits per heavy atom. The molecule has 11 rings (SSSR count). The largest absolute Gasteiger partial charge is 0.438 e. The van der Waals surface area contributed by atoms with Gasteiger partial charge in [0.25, 0.3) is 0 Å². The number of para-hydroxylation sites is 3. The molecule has 0 spiro atoms. The molecule has 4 heterocycles. The topological polar surface area (TPSA) is 82.5 Å². The maximum Gasteiger partial charge on any atom is 0.231 e. The zero-order valence-electron chi connectivity index (χ0n) is 29.9. The number of rotatable bonds is 6. The lowest BCUT2D eigenvalue weighted by atomic mass is 10.0. The number of furan rings is 1. The van der Waals surface area contributed by atoms with Crippen LogP contribution in [0, 0.1) is 0 Å². The zero-order valence-corrected chi connectivity index (χ0v) is 29.9. The lowest BCUT2D eigenvalue weighted by Crippen LogP contribution is -2.04. The molecule has 0 N–H and O–H groups in total. The molecule has 7 aromatic carbocycles. The van der Waals surface area contributed by atoms with E-state index in [9.17, 15) is 0 Å². The summed E-state index contributed by atoms with van der Waals surface area (Å²) in [6.07, 6.45) is 0. The van der Waals surface area contributed by atoms with Crippen molar-refractivity contribution in [1.29, 1.82) is 0 Å². The molecule has 0 aliphatic rings. The van der Waals surface area contributed by atoms with Gasteiger partial charge in [0.1, 0.15) is 5.58 Å². The van der Waals surface area contributed by atoms with Gasteiger partial charge in [-0.15, -0.1) is 0 Å². The van der Waals surface area contributed by atoms with Gasteiger partial charge in [-0.05, 0) is 36.4 Å². The molecule has 0 saturated heterocycles. The maximum absolute atomic E-state index is 6.41. The van der Waals surface area contributed by atoms with E-state index in [-0.39, 0.29) is 0 Å². The Morgan fingerprint density at radius 1 is 0.375 bits per heavy atom. The van der Waals surface area contributed by atoms with Crippen LogP contribution in [0.25, 0.3) is 106 Å². The quantitative estimate of drug-likeness (QED) is 0.170. The first-order chi connectivity index (χ1) is 27.8. The first-order valence-corrected chi connectivity index (χ1v) is 18.5. The third-order valence-corrected chi connectivity index (χ3v) is 10.3. The number of hydrogen-bond donors (Lipinski definition) is 0. The summed E-state index contributed by atoms with van der Waals surface area (Å²) in [6, 6.07) is 61.7. The average Bonchev–Trinajstić information content (AvgIpc) is 3.82. The molecular weight excluding hydrogens is 689 g/mol. The first kappa shape index (κ1) is 31.7. The molecule has 0 fully saturated rings. The monoisotopic (exact) mass is 718 g/mol. The fraction of sp³-hybridized carbons (Fsp3) is 0. The van der Waals surface area contributed by atoms with Gasteiger partial charge in [0.05, 0.1) is 27.8 Å². The predicted octanol–water partition coefficient (Wildman–Crippen LogP) is 12.0. The predicted molar refractivity (Wildman–Crippen MR) is 224 cm³/mol. The highest BCUT2D eigenvalue weighted by Crippen LogP contribution is 2.40. The zero-order chi connectivity index (χ0) is 37.0. The molecule has 11 aromatic rings. The van der Waals surface area contributed by atoms with Crippen molar-refractivity contribution in [3.05, 3.63) is 182 Å². The van der Waals surface area contributed by atoms with E-state index < -0.39 is 0 Å². The van der Waals surface area contributed by atoms with Gasteiger partial charge in [0.2, 0.25) is 5.71 Å². The summed E-state index contributed by atoms with van der Waals surface area (Å²) in [7, 11) is 0. The van der Waals surface area contributed by atoms with Crippen molar-refractivity contribution >= 4 is 43.9 Å². The van der Waals surface area contributed by atoms with Gasteiger partial charge in [0.15, 0.2) is 23.3 Å². The molecule has 56 heavy (non-hydrogen) atoms. The number of aromatic nitrogens is 6. The molecule has 0 aliphatic carbocycles. The van der Waals surface area contributed by atoms with Crippen molar-refractivity contribution in [2.45, 2.75) is 0 Å². The molecule has 0 atom stereocenters. The molecule has 0 aliphatic heterocycles. The van der Waals surface area contributed by atoms with Gasteiger partial charge in [0, 0.05) is 44.0 Å². The van der Waals surface area contributed by atoms with E-state index in [0.717, 1.165) is 77.4 Å².